The third-order valence-electron chi connectivity index (χ3n) is 3.32. The highest BCUT2D eigenvalue weighted by Crippen LogP contribution is 2.23. The average molecular weight is 248 g/mol. The molecule has 0 fully saturated rings. The summed E-state index contributed by atoms with van der Waals surface area (Å²) in [6.45, 7) is 6.18. The fourth-order valence-corrected chi connectivity index (χ4v) is 2.24. The van der Waals surface area contributed by atoms with Gasteiger partial charge in [-0.05, 0) is 38.5 Å². The molecular weight excluding hydrogens is 232 g/mol. The molecule has 2 nitrogen and oxygen atoms in total. The molecular formula is C17H16N2. The van der Waals surface area contributed by atoms with Crippen molar-refractivity contribution in [2.24, 2.45) is 0 Å². The molecule has 0 radical (unpaired) electrons. The van der Waals surface area contributed by atoms with Crippen molar-refractivity contribution in [2.45, 2.75) is 20.8 Å². The summed E-state index contributed by atoms with van der Waals surface area (Å²) in [5, 5.41) is 0. The lowest BCUT2D eigenvalue weighted by Gasteiger charge is -2.07. The van der Waals surface area contributed by atoms with Gasteiger partial charge >= 0.3 is 0 Å². The molecule has 0 saturated heterocycles. The van der Waals surface area contributed by atoms with Gasteiger partial charge in [-0.2, -0.15) is 0 Å². The number of hydrogen-bond acceptors (Lipinski definition) is 2. The molecule has 19 heavy (non-hydrogen) atoms. The summed E-state index contributed by atoms with van der Waals surface area (Å²) in [5.41, 5.74) is 7.45. The zero-order valence-electron chi connectivity index (χ0n) is 11.4. The van der Waals surface area contributed by atoms with Crippen molar-refractivity contribution in [1.29, 1.82) is 0 Å². The molecule has 0 saturated carbocycles. The molecule has 1 aromatic heterocycles. The van der Waals surface area contributed by atoms with Gasteiger partial charge in [0.15, 0.2) is 0 Å². The van der Waals surface area contributed by atoms with Gasteiger partial charge in [0.1, 0.15) is 0 Å². The largest absolute Gasteiger partial charge is 0.249 e. The summed E-state index contributed by atoms with van der Waals surface area (Å²) < 4.78 is 0. The van der Waals surface area contributed by atoms with Crippen LogP contribution in [0, 0.1) is 20.8 Å². The molecule has 0 aliphatic heterocycles. The smallest absolute Gasteiger partial charge is 0.0922 e. The second kappa shape index (κ2) is 4.47. The Balaban J connectivity index is 2.21. The molecule has 2 heteroatoms. The van der Waals surface area contributed by atoms with E-state index < -0.39 is 0 Å². The number of fused-ring (bicyclic) bond motifs is 1. The molecule has 94 valence electrons. The quantitative estimate of drug-likeness (QED) is 0.644. The third-order valence-corrected chi connectivity index (χ3v) is 3.32. The van der Waals surface area contributed by atoms with Gasteiger partial charge in [-0.1, -0.05) is 35.9 Å². The van der Waals surface area contributed by atoms with Crippen molar-refractivity contribution < 1.29 is 0 Å². The number of aryl methyl sites for hydroxylation is 3. The maximum atomic E-state index is 4.75. The van der Waals surface area contributed by atoms with Crippen LogP contribution in [0.25, 0.3) is 22.3 Å². The van der Waals surface area contributed by atoms with E-state index in [1.165, 1.54) is 11.1 Å². The molecule has 0 spiro atoms. The van der Waals surface area contributed by atoms with Crippen molar-refractivity contribution in [3.8, 4) is 11.3 Å². The van der Waals surface area contributed by atoms with Crippen molar-refractivity contribution in [1.82, 2.24) is 9.97 Å². The normalized spacial score (nSPS) is 10.9. The molecule has 0 atom stereocenters. The molecule has 2 aromatic carbocycles. The summed E-state index contributed by atoms with van der Waals surface area (Å²) in [6.07, 6.45) is 0. The second-order valence-corrected chi connectivity index (χ2v) is 5.02. The van der Waals surface area contributed by atoms with E-state index in [1.807, 2.05) is 13.0 Å². The highest BCUT2D eigenvalue weighted by molar-refractivity contribution is 5.79. The van der Waals surface area contributed by atoms with E-state index in [2.05, 4.69) is 55.2 Å². The zero-order valence-corrected chi connectivity index (χ0v) is 11.4. The molecule has 0 unspecified atom stereocenters. The van der Waals surface area contributed by atoms with E-state index in [0.717, 1.165) is 28.0 Å². The zero-order chi connectivity index (χ0) is 13.4. The molecule has 0 aliphatic rings. The van der Waals surface area contributed by atoms with E-state index in [4.69, 9.17) is 4.98 Å². The van der Waals surface area contributed by atoms with E-state index >= 15 is 0 Å². The first-order chi connectivity index (χ1) is 9.13. The second-order valence-electron chi connectivity index (χ2n) is 5.02. The Hall–Kier alpha value is -2.22. The molecule has 0 amide bonds. The van der Waals surface area contributed by atoms with Gasteiger partial charge in [0.25, 0.3) is 0 Å². The maximum Gasteiger partial charge on any atom is 0.0922 e. The van der Waals surface area contributed by atoms with Crippen LogP contribution in [0.4, 0.5) is 0 Å². The van der Waals surface area contributed by atoms with Crippen molar-refractivity contribution in [3.63, 3.8) is 0 Å². The van der Waals surface area contributed by atoms with Gasteiger partial charge < -0.3 is 0 Å². The fourth-order valence-electron chi connectivity index (χ4n) is 2.24. The monoisotopic (exact) mass is 248 g/mol. The molecule has 0 N–H and O–H groups in total. The molecule has 0 aliphatic carbocycles. The van der Waals surface area contributed by atoms with Crippen LogP contribution in [0.5, 0.6) is 0 Å². The van der Waals surface area contributed by atoms with E-state index in [-0.39, 0.29) is 0 Å². The lowest BCUT2D eigenvalue weighted by molar-refractivity contribution is 1.18. The van der Waals surface area contributed by atoms with Gasteiger partial charge in [0.05, 0.1) is 22.4 Å². The van der Waals surface area contributed by atoms with Gasteiger partial charge in [-0.3, -0.25) is 0 Å². The Bertz CT molecular complexity index is 743. The van der Waals surface area contributed by atoms with E-state index in [1.54, 1.807) is 0 Å². The van der Waals surface area contributed by atoms with Crippen molar-refractivity contribution in [3.05, 3.63) is 59.3 Å². The van der Waals surface area contributed by atoms with Crippen molar-refractivity contribution >= 4 is 11.0 Å². The minimum atomic E-state index is 0.951. The van der Waals surface area contributed by atoms with Crippen molar-refractivity contribution in [2.75, 3.05) is 0 Å². The first-order valence-corrected chi connectivity index (χ1v) is 6.45. The minimum absolute atomic E-state index is 0.951. The number of benzene rings is 2. The van der Waals surface area contributed by atoms with Crippen LogP contribution in [-0.4, -0.2) is 9.97 Å². The summed E-state index contributed by atoms with van der Waals surface area (Å²) in [6, 6.07) is 14.6. The van der Waals surface area contributed by atoms with Crippen LogP contribution < -0.4 is 0 Å². The number of aromatic nitrogens is 2. The topological polar surface area (TPSA) is 25.8 Å². The van der Waals surface area contributed by atoms with E-state index in [9.17, 15) is 0 Å². The van der Waals surface area contributed by atoms with Crippen LogP contribution in [0.1, 0.15) is 16.8 Å². The SMILES string of the molecule is Cc1ccc(-c2nc3ccc(C)cc3nc2C)cc1. The minimum Gasteiger partial charge on any atom is -0.249 e. The van der Waals surface area contributed by atoms with E-state index in [0.29, 0.717) is 0 Å². The molecule has 0 bridgehead atoms. The Morgan fingerprint density at radius 2 is 1.37 bits per heavy atom. The van der Waals surface area contributed by atoms with Gasteiger partial charge in [0.2, 0.25) is 0 Å². The first kappa shape index (κ1) is 11.8. The predicted molar refractivity (Wildman–Crippen MR) is 79.2 cm³/mol. The first-order valence-electron chi connectivity index (χ1n) is 6.45. The highest BCUT2D eigenvalue weighted by Gasteiger charge is 2.07. The number of rotatable bonds is 1. The van der Waals surface area contributed by atoms with Crippen LogP contribution in [0.3, 0.4) is 0 Å². The fraction of sp³-hybridized carbons (Fsp3) is 0.176. The number of nitrogens with zero attached hydrogens (tertiary/aromatic N) is 2. The van der Waals surface area contributed by atoms with Crippen LogP contribution in [-0.2, 0) is 0 Å². The van der Waals surface area contributed by atoms with Gasteiger partial charge in [0, 0.05) is 5.56 Å². The highest BCUT2D eigenvalue weighted by atomic mass is 14.8. The summed E-state index contributed by atoms with van der Waals surface area (Å²) in [4.78, 5) is 9.43. The predicted octanol–water partition coefficient (Wildman–Crippen LogP) is 4.22. The summed E-state index contributed by atoms with van der Waals surface area (Å²) in [7, 11) is 0. The maximum absolute atomic E-state index is 4.75. The molecule has 3 aromatic rings. The Labute approximate surface area is 113 Å². The van der Waals surface area contributed by atoms with Gasteiger partial charge in [-0.15, -0.1) is 0 Å². The Morgan fingerprint density at radius 1 is 0.684 bits per heavy atom. The summed E-state index contributed by atoms with van der Waals surface area (Å²) in [5.74, 6) is 0. The lowest BCUT2D eigenvalue weighted by Crippen LogP contribution is -1.94. The lowest BCUT2D eigenvalue weighted by atomic mass is 10.1. The third kappa shape index (κ3) is 2.22. The molecule has 1 heterocycles. The Kier molecular flexibility index (Phi) is 2.79. The Morgan fingerprint density at radius 3 is 2.11 bits per heavy atom. The average Bonchev–Trinajstić information content (AvgIpc) is 2.39. The number of hydrogen-bond donors (Lipinski definition) is 0. The van der Waals surface area contributed by atoms with Crippen LogP contribution >= 0.6 is 0 Å². The van der Waals surface area contributed by atoms with Crippen LogP contribution in [0.2, 0.25) is 0 Å². The van der Waals surface area contributed by atoms with Gasteiger partial charge in [-0.25, -0.2) is 9.97 Å². The standard InChI is InChI=1S/C17H16N2/c1-11-4-7-14(8-5-11)17-13(3)18-16-10-12(2)6-9-15(16)19-17/h4-10H,1-3H3. The molecule has 3 rings (SSSR count). The van der Waals surface area contributed by atoms with Crippen LogP contribution in [0.15, 0.2) is 42.5 Å². The summed E-state index contributed by atoms with van der Waals surface area (Å²) >= 11 is 0.